The number of benzene rings is 2. The number of hydrogen-bond donors (Lipinski definition) is 0. The minimum absolute atomic E-state index is 0.780. The van der Waals surface area contributed by atoms with Crippen LogP contribution in [-0.4, -0.2) is 7.05 Å². The van der Waals surface area contributed by atoms with Crippen molar-refractivity contribution >= 4 is 29.4 Å². The highest BCUT2D eigenvalue weighted by Gasteiger charge is 2.10. The van der Waals surface area contributed by atoms with Gasteiger partial charge in [0.1, 0.15) is 0 Å². The maximum Gasteiger partial charge on any atom is 0.0668 e. The zero-order chi connectivity index (χ0) is 15.4. The lowest BCUT2D eigenvalue weighted by Gasteiger charge is -2.22. The standard InChI is InChI=1S/C19H20ClN/c1-5-15-10-11-17(16(6-2)12-15)13-21(4)18-9-7-8-14(3)19(18)20/h5-12H,1-2,13H2,3-4H3. The van der Waals surface area contributed by atoms with E-state index >= 15 is 0 Å². The molecule has 0 atom stereocenters. The molecule has 0 heterocycles. The Morgan fingerprint density at radius 3 is 2.57 bits per heavy atom. The quantitative estimate of drug-likeness (QED) is 0.697. The molecule has 2 rings (SSSR count). The van der Waals surface area contributed by atoms with Crippen LogP contribution in [0, 0.1) is 6.92 Å². The van der Waals surface area contributed by atoms with Gasteiger partial charge in [-0.2, -0.15) is 0 Å². The molecule has 0 aliphatic carbocycles. The Morgan fingerprint density at radius 1 is 1.14 bits per heavy atom. The molecule has 0 unspecified atom stereocenters. The van der Waals surface area contributed by atoms with Crippen molar-refractivity contribution in [3.63, 3.8) is 0 Å². The fourth-order valence-corrected chi connectivity index (χ4v) is 2.61. The molecule has 0 radical (unpaired) electrons. The molecule has 0 bridgehead atoms. The Balaban J connectivity index is 2.31. The zero-order valence-corrected chi connectivity index (χ0v) is 13.3. The lowest BCUT2D eigenvalue weighted by atomic mass is 10.0. The maximum atomic E-state index is 6.40. The van der Waals surface area contributed by atoms with Gasteiger partial charge in [-0.25, -0.2) is 0 Å². The first-order valence-electron chi connectivity index (χ1n) is 6.91. The molecule has 2 heteroatoms. The van der Waals surface area contributed by atoms with E-state index in [4.69, 9.17) is 11.6 Å². The highest BCUT2D eigenvalue weighted by atomic mass is 35.5. The molecule has 0 amide bonds. The first kappa shape index (κ1) is 15.4. The second-order valence-electron chi connectivity index (χ2n) is 5.13. The van der Waals surface area contributed by atoms with Crippen molar-refractivity contribution < 1.29 is 0 Å². The van der Waals surface area contributed by atoms with Crippen LogP contribution < -0.4 is 4.90 Å². The topological polar surface area (TPSA) is 3.24 Å². The third-order valence-electron chi connectivity index (χ3n) is 3.62. The van der Waals surface area contributed by atoms with Crippen molar-refractivity contribution in [2.45, 2.75) is 13.5 Å². The summed E-state index contributed by atoms with van der Waals surface area (Å²) in [5, 5.41) is 0.808. The van der Waals surface area contributed by atoms with Crippen LogP contribution in [0.2, 0.25) is 5.02 Å². The smallest absolute Gasteiger partial charge is 0.0668 e. The zero-order valence-electron chi connectivity index (χ0n) is 12.6. The van der Waals surface area contributed by atoms with Crippen molar-refractivity contribution in [3.05, 3.63) is 76.8 Å². The Bertz CT molecular complexity index is 673. The monoisotopic (exact) mass is 297 g/mol. The summed E-state index contributed by atoms with van der Waals surface area (Å²) in [6, 6.07) is 12.4. The fourth-order valence-electron chi connectivity index (χ4n) is 2.34. The molecule has 0 aliphatic rings. The average Bonchev–Trinajstić information content (AvgIpc) is 2.50. The average molecular weight is 298 g/mol. The van der Waals surface area contributed by atoms with Crippen molar-refractivity contribution in [1.29, 1.82) is 0 Å². The van der Waals surface area contributed by atoms with Gasteiger partial charge >= 0.3 is 0 Å². The van der Waals surface area contributed by atoms with Crippen LogP contribution in [0.1, 0.15) is 22.3 Å². The van der Waals surface area contributed by atoms with Gasteiger partial charge in [-0.3, -0.25) is 0 Å². The Labute approximate surface area is 132 Å². The molecule has 0 fully saturated rings. The number of anilines is 1. The number of nitrogens with zero attached hydrogens (tertiary/aromatic N) is 1. The molecule has 0 aromatic heterocycles. The number of rotatable bonds is 5. The van der Waals surface area contributed by atoms with E-state index in [1.807, 2.05) is 37.3 Å². The van der Waals surface area contributed by atoms with Gasteiger partial charge in [-0.15, -0.1) is 0 Å². The minimum Gasteiger partial charge on any atom is -0.369 e. The van der Waals surface area contributed by atoms with E-state index in [-0.39, 0.29) is 0 Å². The summed E-state index contributed by atoms with van der Waals surface area (Å²) in [5.74, 6) is 0. The van der Waals surface area contributed by atoms with Gasteiger partial charge in [0.25, 0.3) is 0 Å². The molecular weight excluding hydrogens is 278 g/mol. The Morgan fingerprint density at radius 2 is 1.90 bits per heavy atom. The number of hydrogen-bond acceptors (Lipinski definition) is 1. The van der Waals surface area contributed by atoms with Gasteiger partial charge < -0.3 is 4.90 Å². The normalized spacial score (nSPS) is 10.2. The molecule has 0 saturated heterocycles. The van der Waals surface area contributed by atoms with Crippen molar-refractivity contribution in [2.24, 2.45) is 0 Å². The second kappa shape index (κ2) is 6.64. The van der Waals surface area contributed by atoms with E-state index in [9.17, 15) is 0 Å². The van der Waals surface area contributed by atoms with Crippen LogP contribution in [0.3, 0.4) is 0 Å². The third kappa shape index (κ3) is 3.37. The van der Waals surface area contributed by atoms with E-state index in [2.05, 4.69) is 43.3 Å². The predicted octanol–water partition coefficient (Wildman–Crippen LogP) is 5.57. The van der Waals surface area contributed by atoms with Gasteiger partial charge in [0, 0.05) is 13.6 Å². The van der Waals surface area contributed by atoms with Crippen molar-refractivity contribution in [2.75, 3.05) is 11.9 Å². The molecule has 0 aliphatic heterocycles. The van der Waals surface area contributed by atoms with Crippen LogP contribution in [0.4, 0.5) is 5.69 Å². The summed E-state index contributed by atoms with van der Waals surface area (Å²) in [4.78, 5) is 2.16. The lowest BCUT2D eigenvalue weighted by molar-refractivity contribution is 0.920. The van der Waals surface area contributed by atoms with Crippen LogP contribution in [0.25, 0.3) is 12.2 Å². The summed E-state index contributed by atoms with van der Waals surface area (Å²) in [7, 11) is 2.05. The van der Waals surface area contributed by atoms with Crippen LogP contribution in [-0.2, 0) is 6.54 Å². The molecule has 2 aromatic carbocycles. The van der Waals surface area contributed by atoms with Gasteiger partial charge in [0.05, 0.1) is 10.7 Å². The maximum absolute atomic E-state index is 6.40. The predicted molar refractivity (Wildman–Crippen MR) is 94.9 cm³/mol. The van der Waals surface area contributed by atoms with Crippen LogP contribution >= 0.6 is 11.6 Å². The number of halogens is 1. The first-order valence-corrected chi connectivity index (χ1v) is 7.28. The van der Waals surface area contributed by atoms with E-state index in [1.165, 1.54) is 5.56 Å². The third-order valence-corrected chi connectivity index (χ3v) is 4.11. The summed E-state index contributed by atoms with van der Waals surface area (Å²) in [6.07, 6.45) is 3.73. The molecule has 108 valence electrons. The van der Waals surface area contributed by atoms with Gasteiger partial charge in [0.15, 0.2) is 0 Å². The molecule has 0 saturated carbocycles. The highest BCUT2D eigenvalue weighted by Crippen LogP contribution is 2.29. The van der Waals surface area contributed by atoms with Crippen LogP contribution in [0.5, 0.6) is 0 Å². The van der Waals surface area contributed by atoms with E-state index in [1.54, 1.807) is 0 Å². The van der Waals surface area contributed by atoms with Crippen LogP contribution in [0.15, 0.2) is 49.6 Å². The van der Waals surface area contributed by atoms with Crippen molar-refractivity contribution in [3.8, 4) is 0 Å². The lowest BCUT2D eigenvalue weighted by Crippen LogP contribution is -2.17. The Hall–Kier alpha value is -1.99. The molecule has 1 nitrogen and oxygen atoms in total. The van der Waals surface area contributed by atoms with Crippen molar-refractivity contribution in [1.82, 2.24) is 0 Å². The fraction of sp³-hybridized carbons (Fsp3) is 0.158. The van der Waals surface area contributed by atoms with E-state index in [0.29, 0.717) is 0 Å². The molecular formula is C19H20ClN. The van der Waals surface area contributed by atoms with Gasteiger partial charge in [0.2, 0.25) is 0 Å². The minimum atomic E-state index is 0.780. The number of aryl methyl sites for hydroxylation is 1. The summed E-state index contributed by atoms with van der Waals surface area (Å²) in [5.41, 5.74) is 5.58. The molecule has 21 heavy (non-hydrogen) atoms. The van der Waals surface area contributed by atoms with Gasteiger partial charge in [-0.1, -0.05) is 61.2 Å². The Kier molecular flexibility index (Phi) is 4.87. The first-order chi connectivity index (χ1) is 10.1. The SMILES string of the molecule is C=Cc1ccc(CN(C)c2cccc(C)c2Cl)c(C=C)c1. The van der Waals surface area contributed by atoms with Gasteiger partial charge in [-0.05, 0) is 41.3 Å². The largest absolute Gasteiger partial charge is 0.369 e. The van der Waals surface area contributed by atoms with E-state index < -0.39 is 0 Å². The van der Waals surface area contributed by atoms with E-state index in [0.717, 1.165) is 33.9 Å². The molecule has 0 spiro atoms. The summed E-state index contributed by atoms with van der Waals surface area (Å²) >= 11 is 6.40. The molecule has 2 aromatic rings. The highest BCUT2D eigenvalue weighted by molar-refractivity contribution is 6.34. The summed E-state index contributed by atoms with van der Waals surface area (Å²) in [6.45, 7) is 10.5. The molecule has 0 N–H and O–H groups in total. The summed E-state index contributed by atoms with van der Waals surface area (Å²) < 4.78 is 0. The second-order valence-corrected chi connectivity index (χ2v) is 5.51.